The molecule has 8 heteroatoms. The van der Waals surface area contributed by atoms with Crippen LogP contribution in [0, 0.1) is 12.8 Å². The Morgan fingerprint density at radius 3 is 2.74 bits per heavy atom. The Morgan fingerprint density at radius 2 is 2.04 bits per heavy atom. The molecule has 1 N–H and O–H groups in total. The zero-order valence-corrected chi connectivity index (χ0v) is 15.9. The number of amides is 1. The number of rotatable bonds is 4. The molecular formula is C19H25N5O3. The van der Waals surface area contributed by atoms with Crippen LogP contribution in [0.5, 0.6) is 0 Å². The van der Waals surface area contributed by atoms with Crippen LogP contribution >= 0.6 is 0 Å². The van der Waals surface area contributed by atoms with E-state index >= 15 is 0 Å². The minimum Gasteiger partial charge on any atom is -0.310 e. The van der Waals surface area contributed by atoms with E-state index in [9.17, 15) is 14.4 Å². The largest absolute Gasteiger partial charge is 0.330 e. The molecule has 1 amide bonds. The second kappa shape index (κ2) is 7.87. The van der Waals surface area contributed by atoms with Crippen molar-refractivity contribution in [3.05, 3.63) is 56.5 Å². The first kappa shape index (κ1) is 19.0. The van der Waals surface area contributed by atoms with Crippen LogP contribution in [0.3, 0.4) is 0 Å². The van der Waals surface area contributed by atoms with E-state index in [4.69, 9.17) is 0 Å². The molecule has 0 aliphatic carbocycles. The molecule has 3 heterocycles. The number of anilines is 1. The molecule has 0 radical (unpaired) electrons. The van der Waals surface area contributed by atoms with Gasteiger partial charge in [0.25, 0.3) is 5.56 Å². The molecule has 0 bridgehead atoms. The lowest BCUT2D eigenvalue weighted by Crippen LogP contribution is -2.43. The standard InChI is InChI=1S/C19H25N5O3/c1-13-6-7-16(20-10-13)21-18(26)14-5-4-8-24(11-14)12-15-9-17(25)23(3)19(27)22(15)2/h6-7,9-10,14H,4-5,8,11-12H2,1-3H3,(H,20,21,26). The van der Waals surface area contributed by atoms with Crippen LogP contribution in [-0.2, 0) is 25.4 Å². The van der Waals surface area contributed by atoms with Gasteiger partial charge in [-0.15, -0.1) is 0 Å². The highest BCUT2D eigenvalue weighted by molar-refractivity contribution is 5.91. The molecule has 1 aliphatic rings. The number of nitrogens with one attached hydrogen (secondary N) is 1. The van der Waals surface area contributed by atoms with Crippen molar-refractivity contribution >= 4 is 11.7 Å². The van der Waals surface area contributed by atoms with Crippen LogP contribution in [0.25, 0.3) is 0 Å². The Hall–Kier alpha value is -2.74. The van der Waals surface area contributed by atoms with Crippen molar-refractivity contribution in [2.75, 3.05) is 18.4 Å². The fourth-order valence-corrected chi connectivity index (χ4v) is 3.34. The molecule has 0 saturated carbocycles. The summed E-state index contributed by atoms with van der Waals surface area (Å²) in [4.78, 5) is 42.9. The first-order chi connectivity index (χ1) is 12.8. The molecule has 1 aliphatic heterocycles. The fraction of sp³-hybridized carbons (Fsp3) is 0.474. The van der Waals surface area contributed by atoms with Crippen molar-refractivity contribution in [2.45, 2.75) is 26.3 Å². The van der Waals surface area contributed by atoms with E-state index in [1.54, 1.807) is 19.3 Å². The third-order valence-corrected chi connectivity index (χ3v) is 5.05. The van der Waals surface area contributed by atoms with E-state index in [1.807, 2.05) is 13.0 Å². The summed E-state index contributed by atoms with van der Waals surface area (Å²) < 4.78 is 2.58. The van der Waals surface area contributed by atoms with Gasteiger partial charge in [-0.1, -0.05) is 6.07 Å². The molecule has 1 unspecified atom stereocenters. The van der Waals surface area contributed by atoms with Gasteiger partial charge in [0.1, 0.15) is 5.82 Å². The first-order valence-electron chi connectivity index (χ1n) is 9.07. The van der Waals surface area contributed by atoms with Gasteiger partial charge in [-0.2, -0.15) is 0 Å². The maximum Gasteiger partial charge on any atom is 0.330 e. The molecule has 2 aromatic heterocycles. The van der Waals surface area contributed by atoms with Gasteiger partial charge < -0.3 is 5.32 Å². The van der Waals surface area contributed by atoms with Crippen molar-refractivity contribution in [2.24, 2.45) is 20.0 Å². The average molecular weight is 371 g/mol. The van der Waals surface area contributed by atoms with E-state index in [0.29, 0.717) is 24.6 Å². The van der Waals surface area contributed by atoms with Gasteiger partial charge >= 0.3 is 5.69 Å². The number of likely N-dealkylation sites (tertiary alicyclic amines) is 1. The number of aromatic nitrogens is 3. The molecule has 1 saturated heterocycles. The number of carbonyl (C=O) groups excluding carboxylic acids is 1. The lowest BCUT2D eigenvalue weighted by Gasteiger charge is -2.32. The number of nitrogens with zero attached hydrogens (tertiary/aromatic N) is 4. The molecule has 27 heavy (non-hydrogen) atoms. The van der Waals surface area contributed by atoms with Gasteiger partial charge in [0, 0.05) is 45.1 Å². The van der Waals surface area contributed by atoms with Crippen LogP contribution in [0.2, 0.25) is 0 Å². The monoisotopic (exact) mass is 371 g/mol. The quantitative estimate of drug-likeness (QED) is 0.852. The summed E-state index contributed by atoms with van der Waals surface area (Å²) in [5.41, 5.74) is 1.04. The third-order valence-electron chi connectivity index (χ3n) is 5.05. The molecule has 2 aromatic rings. The summed E-state index contributed by atoms with van der Waals surface area (Å²) in [7, 11) is 3.13. The van der Waals surface area contributed by atoms with Crippen molar-refractivity contribution in [3.63, 3.8) is 0 Å². The Kier molecular flexibility index (Phi) is 5.55. The summed E-state index contributed by atoms with van der Waals surface area (Å²) in [6.45, 7) is 3.83. The van der Waals surface area contributed by atoms with Crippen molar-refractivity contribution in [3.8, 4) is 0 Å². The molecule has 1 fully saturated rings. The summed E-state index contributed by atoms with van der Waals surface area (Å²) in [6.07, 6.45) is 3.42. The van der Waals surface area contributed by atoms with Crippen LogP contribution in [0.1, 0.15) is 24.1 Å². The molecule has 8 nitrogen and oxygen atoms in total. The van der Waals surface area contributed by atoms with Crippen LogP contribution in [0.15, 0.2) is 34.0 Å². The minimum atomic E-state index is -0.339. The highest BCUT2D eigenvalue weighted by atomic mass is 16.2. The number of aryl methyl sites for hydroxylation is 1. The number of hydrogen-bond acceptors (Lipinski definition) is 5. The SMILES string of the molecule is Cc1ccc(NC(=O)C2CCCN(Cc3cc(=O)n(C)c(=O)n3C)C2)nc1. The van der Waals surface area contributed by atoms with Crippen molar-refractivity contribution < 1.29 is 4.79 Å². The summed E-state index contributed by atoms with van der Waals surface area (Å²) >= 11 is 0. The number of pyridine rings is 1. The lowest BCUT2D eigenvalue weighted by atomic mass is 9.97. The van der Waals surface area contributed by atoms with Gasteiger partial charge in [-0.25, -0.2) is 9.78 Å². The van der Waals surface area contributed by atoms with E-state index in [0.717, 1.165) is 29.5 Å². The molecule has 144 valence electrons. The third kappa shape index (κ3) is 4.33. The van der Waals surface area contributed by atoms with Crippen molar-refractivity contribution in [1.82, 2.24) is 19.0 Å². The zero-order chi connectivity index (χ0) is 19.6. The Bertz CT molecular complexity index is 945. The molecule has 0 aromatic carbocycles. The normalized spacial score (nSPS) is 17.7. The molecule has 1 atom stereocenters. The second-order valence-electron chi connectivity index (χ2n) is 7.16. The molecule has 3 rings (SSSR count). The zero-order valence-electron chi connectivity index (χ0n) is 15.9. The second-order valence-corrected chi connectivity index (χ2v) is 7.16. The van der Waals surface area contributed by atoms with Gasteiger partial charge in [0.15, 0.2) is 0 Å². The molecular weight excluding hydrogens is 346 g/mol. The van der Waals surface area contributed by atoms with E-state index in [-0.39, 0.29) is 23.1 Å². The predicted octanol–water partition coefficient (Wildman–Crippen LogP) is 0.638. The summed E-state index contributed by atoms with van der Waals surface area (Å²) in [6, 6.07) is 5.19. The number of carbonyl (C=O) groups is 1. The van der Waals surface area contributed by atoms with Gasteiger partial charge in [0.05, 0.1) is 5.92 Å². The maximum atomic E-state index is 12.6. The summed E-state index contributed by atoms with van der Waals surface area (Å²) in [5, 5.41) is 2.88. The van der Waals surface area contributed by atoms with E-state index in [1.165, 1.54) is 17.7 Å². The molecule has 0 spiro atoms. The highest BCUT2D eigenvalue weighted by Gasteiger charge is 2.26. The Balaban J connectivity index is 1.67. The average Bonchev–Trinajstić information content (AvgIpc) is 2.66. The smallest absolute Gasteiger partial charge is 0.310 e. The van der Waals surface area contributed by atoms with E-state index < -0.39 is 0 Å². The minimum absolute atomic E-state index is 0.0473. The van der Waals surface area contributed by atoms with Crippen molar-refractivity contribution in [1.29, 1.82) is 0 Å². The number of hydrogen-bond donors (Lipinski definition) is 1. The highest BCUT2D eigenvalue weighted by Crippen LogP contribution is 2.19. The summed E-state index contributed by atoms with van der Waals surface area (Å²) in [5.74, 6) is 0.357. The fourth-order valence-electron chi connectivity index (χ4n) is 3.34. The predicted molar refractivity (Wildman–Crippen MR) is 103 cm³/mol. The first-order valence-corrected chi connectivity index (χ1v) is 9.07. The Labute approximate surface area is 157 Å². The Morgan fingerprint density at radius 1 is 1.26 bits per heavy atom. The van der Waals surface area contributed by atoms with Crippen LogP contribution < -0.4 is 16.6 Å². The van der Waals surface area contributed by atoms with Crippen LogP contribution in [0.4, 0.5) is 5.82 Å². The van der Waals surface area contributed by atoms with Gasteiger partial charge in [-0.05, 0) is 37.9 Å². The maximum absolute atomic E-state index is 12.6. The van der Waals surface area contributed by atoms with Gasteiger partial charge in [0.2, 0.25) is 5.91 Å². The van der Waals surface area contributed by atoms with Crippen LogP contribution in [-0.4, -0.2) is 38.0 Å². The lowest BCUT2D eigenvalue weighted by molar-refractivity contribution is -0.121. The number of piperidine rings is 1. The van der Waals surface area contributed by atoms with Gasteiger partial charge in [-0.3, -0.25) is 23.6 Å². The topological polar surface area (TPSA) is 89.2 Å². The van der Waals surface area contributed by atoms with E-state index in [2.05, 4.69) is 15.2 Å².